The molecule has 1 heterocycles. The van der Waals surface area contributed by atoms with E-state index >= 15 is 4.57 Å². The number of carbonyl (C=O) groups excluding carboxylic acids is 1. The van der Waals surface area contributed by atoms with Gasteiger partial charge in [-0.25, -0.2) is 0 Å². The van der Waals surface area contributed by atoms with Gasteiger partial charge in [-0.3, -0.25) is 4.79 Å². The Hall–Kier alpha value is -3.20. The van der Waals surface area contributed by atoms with Gasteiger partial charge in [-0.05, 0) is 42.9 Å². The van der Waals surface area contributed by atoms with Crippen LogP contribution in [0.1, 0.15) is 54.6 Å². The third-order valence-electron chi connectivity index (χ3n) is 7.72. The van der Waals surface area contributed by atoms with Crippen LogP contribution in [0.4, 0.5) is 0 Å². The van der Waals surface area contributed by atoms with Crippen molar-refractivity contribution >= 4 is 23.5 Å². The van der Waals surface area contributed by atoms with Crippen LogP contribution in [0.15, 0.2) is 114 Å². The van der Waals surface area contributed by atoms with E-state index in [1.807, 2.05) is 78.9 Å². The predicted octanol–water partition coefficient (Wildman–Crippen LogP) is 7.40. The van der Waals surface area contributed by atoms with Gasteiger partial charge in [-0.2, -0.15) is 0 Å². The van der Waals surface area contributed by atoms with E-state index in [-0.39, 0.29) is 17.6 Å². The third-order valence-corrected chi connectivity index (χ3v) is 11.2. The van der Waals surface area contributed by atoms with Crippen molar-refractivity contribution < 1.29 is 18.5 Å². The van der Waals surface area contributed by atoms with Crippen molar-refractivity contribution in [2.45, 2.75) is 56.9 Å². The lowest BCUT2D eigenvalue weighted by Gasteiger charge is -2.35. The summed E-state index contributed by atoms with van der Waals surface area (Å²) in [7, 11) is -3.42. The maximum Gasteiger partial charge on any atom is 0.209 e. The largest absolute Gasteiger partial charge is 0.461 e. The lowest BCUT2D eigenvalue weighted by Crippen LogP contribution is -2.38. The zero-order chi connectivity index (χ0) is 26.2. The molecule has 0 amide bonds. The Morgan fingerprint density at radius 2 is 1.37 bits per heavy atom. The molecule has 0 aliphatic heterocycles. The number of carbonyl (C=O) groups is 1. The van der Waals surface area contributed by atoms with Gasteiger partial charge in [0.2, 0.25) is 5.78 Å². The van der Waals surface area contributed by atoms with Crippen LogP contribution in [0.3, 0.4) is 0 Å². The first-order valence-electron chi connectivity index (χ1n) is 13.6. The molecule has 0 saturated heterocycles. The van der Waals surface area contributed by atoms with E-state index in [1.165, 1.54) is 12.7 Å². The van der Waals surface area contributed by atoms with Crippen LogP contribution in [-0.2, 0) is 15.9 Å². The number of hydrogen-bond donors (Lipinski definition) is 0. The summed E-state index contributed by atoms with van der Waals surface area (Å²) < 4.78 is 27.6. The quantitative estimate of drug-likeness (QED) is 0.151. The third kappa shape index (κ3) is 5.93. The fourth-order valence-electron chi connectivity index (χ4n) is 5.71. The molecule has 1 aromatic heterocycles. The van der Waals surface area contributed by atoms with Gasteiger partial charge in [0.05, 0.1) is 24.6 Å². The second-order valence-electron chi connectivity index (χ2n) is 10.2. The number of hydrogen-bond acceptors (Lipinski definition) is 4. The maximum atomic E-state index is 15.4. The number of ether oxygens (including phenoxy) is 1. The zero-order valence-corrected chi connectivity index (χ0v) is 22.5. The summed E-state index contributed by atoms with van der Waals surface area (Å²) in [5, 5.41) is 1.36. The number of ketones is 1. The summed E-state index contributed by atoms with van der Waals surface area (Å²) in [4.78, 5) is 14.2. The molecule has 0 N–H and O–H groups in total. The summed E-state index contributed by atoms with van der Waals surface area (Å²) >= 11 is 0. The molecular formula is C33H35O4P. The van der Waals surface area contributed by atoms with Crippen LogP contribution in [0.25, 0.3) is 0 Å². The van der Waals surface area contributed by atoms with Crippen LogP contribution in [0.5, 0.6) is 0 Å². The molecule has 3 aromatic carbocycles. The van der Waals surface area contributed by atoms with E-state index in [0.717, 1.165) is 31.2 Å². The molecule has 0 spiro atoms. The molecule has 4 nitrogen and oxygen atoms in total. The summed E-state index contributed by atoms with van der Waals surface area (Å²) in [6, 6.07) is 32.5. The van der Waals surface area contributed by atoms with E-state index in [9.17, 15) is 4.79 Å². The number of Topliss-reactive ketones (excluding diaryl/α,β-unsaturated/α-hetero) is 1. The second kappa shape index (κ2) is 12.6. The molecule has 1 aliphatic carbocycles. The van der Waals surface area contributed by atoms with Crippen molar-refractivity contribution in [1.29, 1.82) is 0 Å². The highest BCUT2D eigenvalue weighted by Crippen LogP contribution is 2.52. The van der Waals surface area contributed by atoms with Gasteiger partial charge < -0.3 is 13.7 Å². The Labute approximate surface area is 225 Å². The van der Waals surface area contributed by atoms with Gasteiger partial charge in [0.25, 0.3) is 0 Å². The van der Waals surface area contributed by atoms with E-state index in [1.54, 1.807) is 12.1 Å². The van der Waals surface area contributed by atoms with E-state index < -0.39 is 12.8 Å². The monoisotopic (exact) mass is 526 g/mol. The first-order chi connectivity index (χ1) is 18.7. The van der Waals surface area contributed by atoms with Crippen LogP contribution >= 0.6 is 7.14 Å². The van der Waals surface area contributed by atoms with Crippen LogP contribution < -0.4 is 10.6 Å². The Morgan fingerprint density at radius 1 is 0.789 bits per heavy atom. The summed E-state index contributed by atoms with van der Waals surface area (Å²) in [6.45, 7) is 0.463. The van der Waals surface area contributed by atoms with Gasteiger partial charge in [0.15, 0.2) is 12.9 Å². The average molecular weight is 527 g/mol. The minimum absolute atomic E-state index is 0.194. The fourth-order valence-corrected chi connectivity index (χ4v) is 8.92. The lowest BCUT2D eigenvalue weighted by atomic mass is 9.83. The van der Waals surface area contributed by atoms with Crippen LogP contribution in [0.2, 0.25) is 0 Å². The van der Waals surface area contributed by atoms with E-state index in [2.05, 4.69) is 12.1 Å². The molecular weight excluding hydrogens is 491 g/mol. The Bertz CT molecular complexity index is 1270. The molecule has 2 atom stereocenters. The summed E-state index contributed by atoms with van der Waals surface area (Å²) in [6.07, 6.45) is 7.33. The Kier molecular flexibility index (Phi) is 8.73. The summed E-state index contributed by atoms with van der Waals surface area (Å²) in [5.74, 6) is 0.335. The Balaban J connectivity index is 1.57. The number of rotatable bonds is 11. The molecule has 38 heavy (non-hydrogen) atoms. The average Bonchev–Trinajstić information content (AvgIpc) is 3.54. The van der Waals surface area contributed by atoms with Crippen molar-refractivity contribution in [3.63, 3.8) is 0 Å². The standard InChI is InChI=1S/C33H35O4P/c34-33(30-22-13-23-36-30)32(38(35,28-18-9-3-10-19-28)29-20-11-4-12-21-29)24-31(27-16-7-2-8-17-27)37-25-26-14-5-1-6-15-26/h1,3-6,9-15,18-23,27,31-32H,2,7-8,16-17,24-25H2/t31-,32+/m0/s1. The Morgan fingerprint density at radius 3 is 1.92 bits per heavy atom. The minimum Gasteiger partial charge on any atom is -0.461 e. The molecule has 5 rings (SSSR count). The number of furan rings is 1. The van der Waals surface area contributed by atoms with Crippen molar-refractivity contribution in [1.82, 2.24) is 0 Å². The fraction of sp³-hybridized carbons (Fsp3) is 0.303. The first kappa shape index (κ1) is 26.4. The molecule has 4 aromatic rings. The molecule has 0 bridgehead atoms. The molecule has 196 valence electrons. The van der Waals surface area contributed by atoms with Crippen LogP contribution in [-0.4, -0.2) is 17.5 Å². The normalized spacial score (nSPS) is 16.1. The molecule has 5 heteroatoms. The van der Waals surface area contributed by atoms with E-state index in [0.29, 0.717) is 29.6 Å². The van der Waals surface area contributed by atoms with Gasteiger partial charge in [0, 0.05) is 10.6 Å². The highest BCUT2D eigenvalue weighted by molar-refractivity contribution is 7.80. The van der Waals surface area contributed by atoms with Crippen molar-refractivity contribution in [3.05, 3.63) is 121 Å². The van der Waals surface area contributed by atoms with Crippen molar-refractivity contribution in [2.24, 2.45) is 5.92 Å². The minimum atomic E-state index is -3.42. The summed E-state index contributed by atoms with van der Waals surface area (Å²) in [5.41, 5.74) is 0.290. The van der Waals surface area contributed by atoms with Crippen LogP contribution in [0, 0.1) is 5.92 Å². The van der Waals surface area contributed by atoms with E-state index in [4.69, 9.17) is 9.15 Å². The van der Waals surface area contributed by atoms with Gasteiger partial charge in [-0.15, -0.1) is 0 Å². The van der Waals surface area contributed by atoms with Crippen molar-refractivity contribution in [2.75, 3.05) is 0 Å². The zero-order valence-electron chi connectivity index (χ0n) is 21.7. The first-order valence-corrected chi connectivity index (χ1v) is 15.4. The topological polar surface area (TPSA) is 56.5 Å². The maximum absolute atomic E-state index is 15.4. The highest BCUT2D eigenvalue weighted by Gasteiger charge is 2.45. The molecule has 1 aliphatic rings. The second-order valence-corrected chi connectivity index (χ2v) is 13.1. The molecule has 0 radical (unpaired) electrons. The highest BCUT2D eigenvalue weighted by atomic mass is 31.2. The lowest BCUT2D eigenvalue weighted by molar-refractivity contribution is -0.0151. The SMILES string of the molecule is O=C(c1ccco1)[C@@H](C[C@H](OCc1ccccc1)C1CCCCC1)P(=O)(c1ccccc1)c1ccccc1. The van der Waals surface area contributed by atoms with Gasteiger partial charge in [0.1, 0.15) is 0 Å². The molecule has 1 saturated carbocycles. The van der Waals surface area contributed by atoms with Crippen molar-refractivity contribution in [3.8, 4) is 0 Å². The van der Waals surface area contributed by atoms with Gasteiger partial charge in [-0.1, -0.05) is 110 Å². The molecule has 1 fully saturated rings. The molecule has 0 unspecified atom stereocenters. The van der Waals surface area contributed by atoms with Gasteiger partial charge >= 0.3 is 0 Å². The predicted molar refractivity (Wildman–Crippen MR) is 153 cm³/mol. The smallest absolute Gasteiger partial charge is 0.209 e. The number of benzene rings is 3.